The van der Waals surface area contributed by atoms with E-state index in [1.807, 2.05) is 50.2 Å². The first kappa shape index (κ1) is 21.0. The van der Waals surface area contributed by atoms with Gasteiger partial charge in [0.1, 0.15) is 14.7 Å². The van der Waals surface area contributed by atoms with Crippen LogP contribution in [-0.2, 0) is 4.74 Å². The highest BCUT2D eigenvalue weighted by Gasteiger charge is 2.23. The summed E-state index contributed by atoms with van der Waals surface area (Å²) in [6.07, 6.45) is 0. The number of fused-ring (bicyclic) bond motifs is 1. The van der Waals surface area contributed by atoms with Gasteiger partial charge in [-0.3, -0.25) is 4.79 Å². The first-order chi connectivity index (χ1) is 14.9. The van der Waals surface area contributed by atoms with E-state index in [0.717, 1.165) is 31.9 Å². The lowest BCUT2D eigenvalue weighted by Crippen LogP contribution is -2.14. The van der Waals surface area contributed by atoms with Gasteiger partial charge in [-0.15, -0.1) is 22.7 Å². The molecule has 0 aliphatic heterocycles. The lowest BCUT2D eigenvalue weighted by Gasteiger charge is -2.05. The maximum Gasteiger partial charge on any atom is 0.341 e. The van der Waals surface area contributed by atoms with Gasteiger partial charge in [-0.1, -0.05) is 30.3 Å². The van der Waals surface area contributed by atoms with Crippen LogP contribution in [0.15, 0.2) is 42.5 Å². The number of ether oxygens (including phenoxy) is 1. The Morgan fingerprint density at radius 1 is 1.13 bits per heavy atom. The first-order valence-electron chi connectivity index (χ1n) is 9.73. The number of nitrogens with two attached hydrogens (primary N) is 1. The number of benzene rings is 1. The van der Waals surface area contributed by atoms with E-state index in [-0.39, 0.29) is 12.5 Å². The SMILES string of the molecule is CCOC(=O)c1cc(-c2ccccc2)sc1NC(=O)c1sc2nc(C)cc(C)c2c1N. The van der Waals surface area contributed by atoms with Crippen molar-refractivity contribution in [2.45, 2.75) is 20.8 Å². The van der Waals surface area contributed by atoms with E-state index >= 15 is 0 Å². The molecule has 158 valence electrons. The zero-order valence-corrected chi connectivity index (χ0v) is 18.9. The van der Waals surface area contributed by atoms with E-state index in [1.165, 1.54) is 22.7 Å². The molecule has 3 heterocycles. The molecule has 3 N–H and O–H groups in total. The van der Waals surface area contributed by atoms with Gasteiger partial charge in [0.25, 0.3) is 5.91 Å². The van der Waals surface area contributed by atoms with E-state index in [4.69, 9.17) is 10.5 Å². The van der Waals surface area contributed by atoms with Crippen LogP contribution in [0, 0.1) is 13.8 Å². The fraction of sp³-hybridized carbons (Fsp3) is 0.174. The van der Waals surface area contributed by atoms with Crippen molar-refractivity contribution < 1.29 is 14.3 Å². The number of anilines is 2. The number of pyridine rings is 1. The molecule has 4 rings (SSSR count). The smallest absolute Gasteiger partial charge is 0.341 e. The predicted octanol–water partition coefficient (Wildman–Crippen LogP) is 5.65. The van der Waals surface area contributed by atoms with Gasteiger partial charge >= 0.3 is 5.97 Å². The lowest BCUT2D eigenvalue weighted by atomic mass is 10.1. The third kappa shape index (κ3) is 4.04. The summed E-state index contributed by atoms with van der Waals surface area (Å²) in [5.74, 6) is -0.849. The van der Waals surface area contributed by atoms with Gasteiger partial charge in [0.15, 0.2) is 0 Å². The molecule has 0 bridgehead atoms. The van der Waals surface area contributed by atoms with Crippen molar-refractivity contribution in [3.63, 3.8) is 0 Å². The van der Waals surface area contributed by atoms with Gasteiger partial charge in [-0.25, -0.2) is 9.78 Å². The Balaban J connectivity index is 1.73. The summed E-state index contributed by atoms with van der Waals surface area (Å²) >= 11 is 2.57. The van der Waals surface area contributed by atoms with Gasteiger partial charge in [0, 0.05) is 16.0 Å². The number of rotatable bonds is 5. The van der Waals surface area contributed by atoms with E-state index in [9.17, 15) is 9.59 Å². The molecule has 6 nitrogen and oxygen atoms in total. The zero-order chi connectivity index (χ0) is 22.1. The molecular formula is C23H21N3O3S2. The first-order valence-corrected chi connectivity index (χ1v) is 11.4. The van der Waals surface area contributed by atoms with Crippen molar-refractivity contribution in [2.75, 3.05) is 17.7 Å². The number of nitrogens with zero attached hydrogens (tertiary/aromatic N) is 1. The summed E-state index contributed by atoms with van der Waals surface area (Å²) in [6, 6.07) is 13.4. The van der Waals surface area contributed by atoms with Crippen LogP contribution in [0.3, 0.4) is 0 Å². The van der Waals surface area contributed by atoms with Gasteiger partial charge in [0.05, 0.1) is 17.9 Å². The van der Waals surface area contributed by atoms with Crippen molar-refractivity contribution in [3.05, 3.63) is 64.2 Å². The van der Waals surface area contributed by atoms with Crippen molar-refractivity contribution >= 4 is 55.5 Å². The van der Waals surface area contributed by atoms with Crippen LogP contribution in [-0.4, -0.2) is 23.5 Å². The van der Waals surface area contributed by atoms with Crippen LogP contribution in [0.2, 0.25) is 0 Å². The minimum atomic E-state index is -0.478. The number of amides is 1. The zero-order valence-electron chi connectivity index (χ0n) is 17.3. The molecule has 8 heteroatoms. The molecule has 0 saturated heterocycles. The average molecular weight is 452 g/mol. The van der Waals surface area contributed by atoms with Gasteiger partial charge in [0.2, 0.25) is 0 Å². The Hall–Kier alpha value is -3.23. The highest BCUT2D eigenvalue weighted by atomic mass is 32.1. The van der Waals surface area contributed by atoms with Crippen LogP contribution >= 0.6 is 22.7 Å². The van der Waals surface area contributed by atoms with Gasteiger partial charge in [-0.05, 0) is 44.0 Å². The van der Waals surface area contributed by atoms with Gasteiger partial charge in [-0.2, -0.15) is 0 Å². The van der Waals surface area contributed by atoms with Gasteiger partial charge < -0.3 is 15.8 Å². The Morgan fingerprint density at radius 2 is 1.87 bits per heavy atom. The summed E-state index contributed by atoms with van der Waals surface area (Å²) in [6.45, 7) is 5.85. The number of carbonyl (C=O) groups excluding carboxylic acids is 2. The quantitative estimate of drug-likeness (QED) is 0.382. The van der Waals surface area contributed by atoms with Crippen molar-refractivity contribution in [1.82, 2.24) is 4.98 Å². The molecule has 0 radical (unpaired) electrons. The third-order valence-electron chi connectivity index (χ3n) is 4.74. The maximum absolute atomic E-state index is 13.1. The number of hydrogen-bond acceptors (Lipinski definition) is 7. The molecule has 0 fully saturated rings. The molecule has 0 atom stereocenters. The predicted molar refractivity (Wildman–Crippen MR) is 127 cm³/mol. The van der Waals surface area contributed by atoms with E-state index in [2.05, 4.69) is 10.3 Å². The number of aromatic nitrogens is 1. The monoisotopic (exact) mass is 451 g/mol. The number of aryl methyl sites for hydroxylation is 2. The van der Waals surface area contributed by atoms with Crippen molar-refractivity contribution in [2.24, 2.45) is 0 Å². The lowest BCUT2D eigenvalue weighted by molar-refractivity contribution is 0.0528. The summed E-state index contributed by atoms with van der Waals surface area (Å²) in [4.78, 5) is 32.1. The largest absolute Gasteiger partial charge is 0.462 e. The minimum absolute atomic E-state index is 0.246. The standard InChI is InChI=1S/C23H21N3O3S2/c1-4-29-23(28)15-11-16(14-8-6-5-7-9-14)30-21(15)26-20(27)19-18(24)17-12(2)10-13(3)25-22(17)31-19/h5-11H,4,24H2,1-3H3,(H,26,27). The number of nitrogens with one attached hydrogen (secondary N) is 1. The number of esters is 1. The van der Waals surface area contributed by atoms with Crippen LogP contribution in [0.1, 0.15) is 38.2 Å². The fourth-order valence-electron chi connectivity index (χ4n) is 3.39. The van der Waals surface area contributed by atoms with Crippen LogP contribution in [0.25, 0.3) is 20.7 Å². The minimum Gasteiger partial charge on any atom is -0.462 e. The van der Waals surface area contributed by atoms with E-state index in [1.54, 1.807) is 13.0 Å². The highest BCUT2D eigenvalue weighted by molar-refractivity contribution is 7.22. The van der Waals surface area contributed by atoms with Crippen LogP contribution < -0.4 is 11.1 Å². The van der Waals surface area contributed by atoms with E-state index in [0.29, 0.717) is 21.1 Å². The molecule has 4 aromatic rings. The molecule has 0 spiro atoms. The molecule has 0 aliphatic rings. The number of nitrogen functional groups attached to an aromatic ring is 1. The number of carbonyl (C=O) groups is 2. The summed E-state index contributed by atoms with van der Waals surface area (Å²) in [5, 5.41) is 4.10. The molecule has 31 heavy (non-hydrogen) atoms. The summed E-state index contributed by atoms with van der Waals surface area (Å²) in [7, 11) is 0. The second kappa shape index (κ2) is 8.49. The summed E-state index contributed by atoms with van der Waals surface area (Å²) < 4.78 is 5.19. The molecular weight excluding hydrogens is 430 g/mol. The number of hydrogen-bond donors (Lipinski definition) is 2. The second-order valence-electron chi connectivity index (χ2n) is 7.00. The third-order valence-corrected chi connectivity index (χ3v) is 6.94. The van der Waals surface area contributed by atoms with Crippen molar-refractivity contribution in [3.8, 4) is 10.4 Å². The maximum atomic E-state index is 13.1. The Bertz CT molecular complexity index is 1290. The molecule has 0 unspecified atom stereocenters. The fourth-order valence-corrected chi connectivity index (χ4v) is 5.55. The van der Waals surface area contributed by atoms with Crippen molar-refractivity contribution in [1.29, 1.82) is 0 Å². The topological polar surface area (TPSA) is 94.3 Å². The Labute approximate surface area is 187 Å². The Morgan fingerprint density at radius 3 is 2.58 bits per heavy atom. The number of thiophene rings is 2. The molecule has 0 aliphatic carbocycles. The van der Waals surface area contributed by atoms with Crippen LogP contribution in [0.5, 0.6) is 0 Å². The molecule has 1 amide bonds. The summed E-state index contributed by atoms with van der Waals surface area (Å²) in [5.41, 5.74) is 9.83. The van der Waals surface area contributed by atoms with E-state index < -0.39 is 5.97 Å². The average Bonchev–Trinajstić information content (AvgIpc) is 3.30. The second-order valence-corrected chi connectivity index (χ2v) is 9.05. The normalized spacial score (nSPS) is 10.9. The molecule has 1 aromatic carbocycles. The Kier molecular flexibility index (Phi) is 5.75. The highest BCUT2D eigenvalue weighted by Crippen LogP contribution is 2.39. The molecule has 3 aromatic heterocycles. The van der Waals surface area contributed by atoms with Crippen LogP contribution in [0.4, 0.5) is 10.7 Å². The molecule has 0 saturated carbocycles.